The number of hydrogen-bond acceptors (Lipinski definition) is 4. The lowest BCUT2D eigenvalue weighted by atomic mass is 10.0. The van der Waals surface area contributed by atoms with E-state index in [0.717, 1.165) is 51.4 Å². The molecule has 2 N–H and O–H groups in total. The minimum atomic E-state index is -1.03. The third-order valence-electron chi connectivity index (χ3n) is 6.94. The van der Waals surface area contributed by atoms with E-state index in [4.69, 9.17) is 9.84 Å². The molecule has 0 fully saturated rings. The zero-order valence-electron chi connectivity index (χ0n) is 24.8. The lowest BCUT2D eigenvalue weighted by Crippen LogP contribution is -2.28. The number of carboxylic acids is 1. The van der Waals surface area contributed by atoms with Crippen LogP contribution in [0.2, 0.25) is 0 Å². The molecule has 6 heteroatoms. The molecule has 0 aromatic carbocycles. The number of carbonyl (C=O) groups excluding carboxylic acids is 2. The first-order valence-corrected chi connectivity index (χ1v) is 15.8. The van der Waals surface area contributed by atoms with Crippen molar-refractivity contribution in [2.24, 2.45) is 0 Å². The molecule has 1 unspecified atom stereocenters. The van der Waals surface area contributed by atoms with Crippen molar-refractivity contribution in [3.8, 4) is 0 Å². The number of nitrogens with one attached hydrogen (secondary N) is 1. The number of rotatable bonds is 28. The van der Waals surface area contributed by atoms with Crippen LogP contribution in [0.25, 0.3) is 0 Å². The fourth-order valence-corrected chi connectivity index (χ4v) is 4.57. The molecule has 0 rings (SSSR count). The SMILES string of the molecule is CCCCCCC/C=C\CCCCCCCC(=O)OC(CCCCCC)CCCCCC(=O)NCC(=O)O. The summed E-state index contributed by atoms with van der Waals surface area (Å²) in [7, 11) is 0. The van der Waals surface area contributed by atoms with Gasteiger partial charge in [-0.25, -0.2) is 0 Å². The Balaban J connectivity index is 3.94. The summed E-state index contributed by atoms with van der Waals surface area (Å²) in [6, 6.07) is 0. The summed E-state index contributed by atoms with van der Waals surface area (Å²) in [4.78, 5) is 34.6. The fourth-order valence-electron chi connectivity index (χ4n) is 4.57. The quantitative estimate of drug-likeness (QED) is 0.0591. The Bertz CT molecular complexity index is 605. The second-order valence-electron chi connectivity index (χ2n) is 10.7. The van der Waals surface area contributed by atoms with Gasteiger partial charge >= 0.3 is 11.9 Å². The predicted molar refractivity (Wildman–Crippen MR) is 157 cm³/mol. The van der Waals surface area contributed by atoms with Gasteiger partial charge in [-0.05, 0) is 64.2 Å². The Labute approximate surface area is 233 Å². The van der Waals surface area contributed by atoms with Gasteiger partial charge in [0.1, 0.15) is 12.6 Å². The Morgan fingerprint density at radius 2 is 1.13 bits per heavy atom. The first-order chi connectivity index (χ1) is 18.5. The molecule has 0 aromatic heterocycles. The van der Waals surface area contributed by atoms with Crippen LogP contribution in [-0.2, 0) is 19.1 Å². The Kier molecular flexibility index (Phi) is 26.8. The van der Waals surface area contributed by atoms with Crippen LogP contribution in [0.3, 0.4) is 0 Å². The summed E-state index contributed by atoms with van der Waals surface area (Å²) in [5.41, 5.74) is 0. The number of carbonyl (C=O) groups is 3. The third kappa shape index (κ3) is 27.2. The number of allylic oxidation sites excluding steroid dienone is 2. The van der Waals surface area contributed by atoms with Crippen molar-refractivity contribution in [1.29, 1.82) is 0 Å². The summed E-state index contributed by atoms with van der Waals surface area (Å²) >= 11 is 0. The van der Waals surface area contributed by atoms with Crippen LogP contribution >= 0.6 is 0 Å². The summed E-state index contributed by atoms with van der Waals surface area (Å²) < 4.78 is 5.84. The van der Waals surface area contributed by atoms with Gasteiger partial charge in [0.25, 0.3) is 0 Å². The van der Waals surface area contributed by atoms with Crippen molar-refractivity contribution in [1.82, 2.24) is 5.32 Å². The number of esters is 1. The number of carboxylic acid groups (broad SMARTS) is 1. The van der Waals surface area contributed by atoms with Crippen molar-refractivity contribution in [2.45, 2.75) is 168 Å². The number of hydrogen-bond donors (Lipinski definition) is 2. The van der Waals surface area contributed by atoms with Crippen molar-refractivity contribution in [2.75, 3.05) is 6.54 Å². The van der Waals surface area contributed by atoms with Gasteiger partial charge in [0, 0.05) is 12.8 Å². The van der Waals surface area contributed by atoms with Gasteiger partial charge in [-0.3, -0.25) is 14.4 Å². The van der Waals surface area contributed by atoms with Crippen LogP contribution in [0.5, 0.6) is 0 Å². The summed E-state index contributed by atoms with van der Waals surface area (Å²) in [6.07, 6.45) is 29.1. The normalized spacial score (nSPS) is 12.1. The molecule has 0 spiro atoms. The highest BCUT2D eigenvalue weighted by atomic mass is 16.5. The largest absolute Gasteiger partial charge is 0.480 e. The van der Waals surface area contributed by atoms with E-state index in [1.54, 1.807) is 0 Å². The molecule has 0 aromatic rings. The van der Waals surface area contributed by atoms with Gasteiger partial charge in [0.15, 0.2) is 0 Å². The molecule has 38 heavy (non-hydrogen) atoms. The van der Waals surface area contributed by atoms with Crippen LogP contribution in [-0.4, -0.2) is 35.6 Å². The molecule has 0 saturated heterocycles. The highest BCUT2D eigenvalue weighted by Crippen LogP contribution is 2.17. The van der Waals surface area contributed by atoms with E-state index in [0.29, 0.717) is 12.8 Å². The van der Waals surface area contributed by atoms with Crippen molar-refractivity contribution < 1.29 is 24.2 Å². The van der Waals surface area contributed by atoms with E-state index in [1.807, 2.05) is 0 Å². The topological polar surface area (TPSA) is 92.7 Å². The predicted octanol–water partition coefficient (Wildman–Crippen LogP) is 8.67. The molecule has 0 saturated carbocycles. The highest BCUT2D eigenvalue weighted by molar-refractivity contribution is 5.80. The van der Waals surface area contributed by atoms with Crippen molar-refractivity contribution >= 4 is 17.8 Å². The van der Waals surface area contributed by atoms with Crippen LogP contribution in [0.1, 0.15) is 162 Å². The molecule has 0 aliphatic rings. The molecule has 1 atom stereocenters. The van der Waals surface area contributed by atoms with Gasteiger partial charge < -0.3 is 15.2 Å². The maximum atomic E-state index is 12.4. The molecule has 0 aliphatic heterocycles. The lowest BCUT2D eigenvalue weighted by molar-refractivity contribution is -0.150. The molecule has 6 nitrogen and oxygen atoms in total. The van der Waals surface area contributed by atoms with Gasteiger partial charge in [0.2, 0.25) is 5.91 Å². The number of amides is 1. The second-order valence-corrected chi connectivity index (χ2v) is 10.7. The molecular formula is C32H59NO5. The maximum Gasteiger partial charge on any atom is 0.322 e. The molecule has 0 bridgehead atoms. The zero-order chi connectivity index (χ0) is 28.1. The average Bonchev–Trinajstić information content (AvgIpc) is 2.89. The van der Waals surface area contributed by atoms with Gasteiger partial charge in [-0.2, -0.15) is 0 Å². The Morgan fingerprint density at radius 3 is 1.71 bits per heavy atom. The number of aliphatic carboxylic acids is 1. The second kappa shape index (κ2) is 28.2. The van der Waals surface area contributed by atoms with Crippen molar-refractivity contribution in [3.63, 3.8) is 0 Å². The summed E-state index contributed by atoms with van der Waals surface area (Å²) in [5, 5.41) is 11.0. The van der Waals surface area contributed by atoms with Gasteiger partial charge in [-0.1, -0.05) is 96.6 Å². The summed E-state index contributed by atoms with van der Waals surface area (Å²) in [6.45, 7) is 4.12. The number of ether oxygens (including phenoxy) is 1. The van der Waals surface area contributed by atoms with E-state index in [2.05, 4.69) is 31.3 Å². The first kappa shape index (κ1) is 36.1. The average molecular weight is 538 g/mol. The van der Waals surface area contributed by atoms with Crippen LogP contribution in [0, 0.1) is 0 Å². The van der Waals surface area contributed by atoms with E-state index >= 15 is 0 Å². The molecule has 0 heterocycles. The lowest BCUT2D eigenvalue weighted by Gasteiger charge is -2.18. The van der Waals surface area contributed by atoms with Gasteiger partial charge in [0.05, 0.1) is 0 Å². The molecule has 0 aliphatic carbocycles. The monoisotopic (exact) mass is 537 g/mol. The van der Waals surface area contributed by atoms with E-state index < -0.39 is 5.97 Å². The zero-order valence-corrected chi connectivity index (χ0v) is 24.8. The maximum absolute atomic E-state index is 12.4. The Morgan fingerprint density at radius 1 is 0.658 bits per heavy atom. The van der Waals surface area contributed by atoms with Crippen LogP contribution < -0.4 is 5.32 Å². The number of unbranched alkanes of at least 4 members (excludes halogenated alkanes) is 15. The minimum absolute atomic E-state index is 0.0291. The fraction of sp³-hybridized carbons (Fsp3) is 0.844. The van der Waals surface area contributed by atoms with Crippen molar-refractivity contribution in [3.05, 3.63) is 12.2 Å². The van der Waals surface area contributed by atoms with E-state index in [9.17, 15) is 14.4 Å². The smallest absolute Gasteiger partial charge is 0.322 e. The minimum Gasteiger partial charge on any atom is -0.480 e. The third-order valence-corrected chi connectivity index (χ3v) is 6.94. The van der Waals surface area contributed by atoms with Gasteiger partial charge in [-0.15, -0.1) is 0 Å². The van der Waals surface area contributed by atoms with Crippen LogP contribution in [0.15, 0.2) is 12.2 Å². The van der Waals surface area contributed by atoms with E-state index in [-0.39, 0.29) is 24.5 Å². The van der Waals surface area contributed by atoms with Crippen LogP contribution in [0.4, 0.5) is 0 Å². The highest BCUT2D eigenvalue weighted by Gasteiger charge is 2.14. The first-order valence-electron chi connectivity index (χ1n) is 15.8. The Hall–Kier alpha value is -1.85. The standard InChI is InChI=1S/C32H59NO5/c1-3-5-7-9-10-11-12-13-14-15-16-17-18-23-27-32(37)38-29(24-20-8-6-4-2)25-21-19-22-26-30(34)33-28-31(35)36/h12-13,29H,3-11,14-28H2,1-2H3,(H,33,34)(H,35,36)/b13-12-. The molecule has 0 radical (unpaired) electrons. The molecular weight excluding hydrogens is 478 g/mol. The molecule has 1 amide bonds. The van der Waals surface area contributed by atoms with E-state index in [1.165, 1.54) is 83.5 Å². The molecule has 222 valence electrons. The summed E-state index contributed by atoms with van der Waals surface area (Å²) in [5.74, 6) is -1.32.